The fraction of sp³-hybridized carbons (Fsp3) is 0.273. The molecular weight excluding hydrogens is 373 g/mol. The molecule has 2 atom stereocenters. The minimum absolute atomic E-state index is 0.139. The van der Waals surface area contributed by atoms with E-state index < -0.39 is 12.1 Å². The number of H-pyrrole nitrogens is 1. The number of carbonyl (C=O) groups is 2. The van der Waals surface area contributed by atoms with Crippen molar-refractivity contribution in [1.82, 2.24) is 15.6 Å². The van der Waals surface area contributed by atoms with Crippen molar-refractivity contribution in [2.24, 2.45) is 0 Å². The number of para-hydroxylation sites is 1. The van der Waals surface area contributed by atoms with Crippen molar-refractivity contribution in [1.29, 1.82) is 0 Å². The van der Waals surface area contributed by atoms with E-state index in [0.717, 1.165) is 27.7 Å². The summed E-state index contributed by atoms with van der Waals surface area (Å²) in [6, 6.07) is 11.8. The number of hydrogen-bond acceptors (Lipinski definition) is 3. The molecule has 2 heterocycles. The highest BCUT2D eigenvalue weighted by molar-refractivity contribution is 5.92. The number of aromatic amines is 1. The summed E-state index contributed by atoms with van der Waals surface area (Å²) in [6.07, 6.45) is -0.324. The van der Waals surface area contributed by atoms with Gasteiger partial charge in [-0.3, -0.25) is 9.59 Å². The van der Waals surface area contributed by atoms with E-state index in [1.807, 2.05) is 24.3 Å². The van der Waals surface area contributed by atoms with Crippen molar-refractivity contribution in [3.05, 3.63) is 59.4 Å². The summed E-state index contributed by atoms with van der Waals surface area (Å²) in [4.78, 5) is 27.5. The van der Waals surface area contributed by atoms with E-state index in [0.29, 0.717) is 12.0 Å². The van der Waals surface area contributed by atoms with Crippen molar-refractivity contribution < 1.29 is 19.1 Å². The van der Waals surface area contributed by atoms with Gasteiger partial charge in [0.15, 0.2) is 0 Å². The zero-order chi connectivity index (χ0) is 20.5. The van der Waals surface area contributed by atoms with Gasteiger partial charge in [-0.1, -0.05) is 18.2 Å². The molecule has 0 spiro atoms. The van der Waals surface area contributed by atoms with Gasteiger partial charge >= 0.3 is 0 Å². The lowest BCUT2D eigenvalue weighted by Gasteiger charge is -2.14. The van der Waals surface area contributed by atoms with Crippen LogP contribution in [0, 0.1) is 12.7 Å². The van der Waals surface area contributed by atoms with Gasteiger partial charge in [-0.15, -0.1) is 0 Å². The van der Waals surface area contributed by atoms with Crippen LogP contribution in [-0.4, -0.2) is 40.6 Å². The zero-order valence-corrected chi connectivity index (χ0v) is 16.0. The van der Waals surface area contributed by atoms with Crippen molar-refractivity contribution in [2.45, 2.75) is 31.9 Å². The number of carbonyl (C=O) groups excluding carboxylic acids is 2. The fourth-order valence-electron chi connectivity index (χ4n) is 3.76. The lowest BCUT2D eigenvalue weighted by atomic mass is 9.99. The molecule has 1 aliphatic heterocycles. The highest BCUT2D eigenvalue weighted by Crippen LogP contribution is 2.32. The number of aliphatic hydroxyl groups is 1. The van der Waals surface area contributed by atoms with E-state index in [9.17, 15) is 19.1 Å². The first-order valence-corrected chi connectivity index (χ1v) is 9.55. The summed E-state index contributed by atoms with van der Waals surface area (Å²) in [7, 11) is 0. The Morgan fingerprint density at radius 1 is 1.28 bits per heavy atom. The van der Waals surface area contributed by atoms with Gasteiger partial charge in [-0.2, -0.15) is 0 Å². The fourth-order valence-corrected chi connectivity index (χ4v) is 3.76. The molecule has 0 bridgehead atoms. The van der Waals surface area contributed by atoms with Crippen LogP contribution >= 0.6 is 0 Å². The molecule has 0 unspecified atom stereocenters. The van der Waals surface area contributed by atoms with E-state index in [1.54, 1.807) is 19.1 Å². The largest absolute Gasteiger partial charge is 0.389 e. The Balaban J connectivity index is 1.60. The molecule has 6 nitrogen and oxygen atoms in total. The Hall–Kier alpha value is -3.19. The predicted octanol–water partition coefficient (Wildman–Crippen LogP) is 2.19. The van der Waals surface area contributed by atoms with Crippen LogP contribution in [0.4, 0.5) is 4.39 Å². The molecule has 1 saturated heterocycles. The smallest absolute Gasteiger partial charge is 0.245 e. The summed E-state index contributed by atoms with van der Waals surface area (Å²) in [5.74, 6) is -0.947. The molecule has 4 rings (SSSR count). The normalized spacial score (nSPS) is 18.8. The zero-order valence-electron chi connectivity index (χ0n) is 16.0. The van der Waals surface area contributed by atoms with Crippen LogP contribution in [-0.2, 0) is 16.0 Å². The number of hydrogen-bond donors (Lipinski definition) is 4. The molecule has 1 aromatic heterocycles. The summed E-state index contributed by atoms with van der Waals surface area (Å²) in [5.41, 5.74) is 4.14. The van der Waals surface area contributed by atoms with Gasteiger partial charge in [-0.05, 0) is 54.3 Å². The number of halogens is 1. The second kappa shape index (κ2) is 7.67. The average molecular weight is 395 g/mol. The number of nitrogens with one attached hydrogen (secondary N) is 3. The number of β-amino-alcohol motifs (C(OH)–C–C–N with tert-alkyl or cyclic N) is 1. The van der Waals surface area contributed by atoms with Gasteiger partial charge in [0.25, 0.3) is 0 Å². The van der Waals surface area contributed by atoms with Crippen LogP contribution in [0.15, 0.2) is 42.5 Å². The summed E-state index contributed by atoms with van der Waals surface area (Å²) < 4.78 is 13.7. The molecule has 0 radical (unpaired) electrons. The van der Waals surface area contributed by atoms with Gasteiger partial charge in [0.1, 0.15) is 18.0 Å². The van der Waals surface area contributed by atoms with Crippen LogP contribution in [0.25, 0.3) is 22.2 Å². The third kappa shape index (κ3) is 3.73. The molecule has 150 valence electrons. The minimum atomic E-state index is -0.919. The Bertz CT molecular complexity index is 1090. The number of aromatic nitrogens is 1. The topological polar surface area (TPSA) is 94.2 Å². The quantitative estimate of drug-likeness (QED) is 0.533. The number of aliphatic hydroxyl groups excluding tert-OH is 1. The highest BCUT2D eigenvalue weighted by Gasteiger charge is 2.34. The van der Waals surface area contributed by atoms with Crippen molar-refractivity contribution >= 4 is 22.7 Å². The Labute approximate surface area is 167 Å². The summed E-state index contributed by atoms with van der Waals surface area (Å²) in [5, 5.41) is 15.9. The van der Waals surface area contributed by atoms with Gasteiger partial charge in [0.2, 0.25) is 11.8 Å². The van der Waals surface area contributed by atoms with E-state index in [-0.39, 0.29) is 30.6 Å². The molecule has 0 aliphatic carbocycles. The molecule has 0 saturated carbocycles. The van der Waals surface area contributed by atoms with Crippen LogP contribution in [0.1, 0.15) is 17.5 Å². The van der Waals surface area contributed by atoms with Crippen molar-refractivity contribution in [2.75, 3.05) is 6.54 Å². The average Bonchev–Trinajstić information content (AvgIpc) is 3.23. The molecule has 1 aliphatic rings. The van der Waals surface area contributed by atoms with E-state index >= 15 is 0 Å². The first kappa shape index (κ1) is 19.1. The molecule has 2 aromatic carbocycles. The Morgan fingerprint density at radius 3 is 2.79 bits per heavy atom. The van der Waals surface area contributed by atoms with Crippen LogP contribution in [0.5, 0.6) is 0 Å². The van der Waals surface area contributed by atoms with Gasteiger partial charge in [-0.25, -0.2) is 4.39 Å². The maximum atomic E-state index is 13.7. The Kier molecular flexibility index (Phi) is 5.07. The van der Waals surface area contributed by atoms with Crippen LogP contribution in [0.3, 0.4) is 0 Å². The molecule has 3 aromatic rings. The molecule has 29 heavy (non-hydrogen) atoms. The first-order valence-electron chi connectivity index (χ1n) is 9.55. The van der Waals surface area contributed by atoms with Crippen LogP contribution in [0.2, 0.25) is 0 Å². The van der Waals surface area contributed by atoms with Crippen molar-refractivity contribution in [3.8, 4) is 11.3 Å². The number of benzene rings is 2. The lowest BCUT2D eigenvalue weighted by Crippen LogP contribution is -2.45. The molecular formula is C22H22FN3O3. The molecule has 1 fully saturated rings. The van der Waals surface area contributed by atoms with E-state index in [4.69, 9.17) is 0 Å². The maximum Gasteiger partial charge on any atom is 0.245 e. The molecule has 2 amide bonds. The predicted molar refractivity (Wildman–Crippen MR) is 108 cm³/mol. The SMILES string of the molecule is Cc1cc(-c2[nH]c3ccccc3c2CCC(=O)N[C@@H]2C(=O)NC[C@H]2O)ccc1F. The van der Waals surface area contributed by atoms with Gasteiger partial charge in [0.05, 0.1) is 0 Å². The van der Waals surface area contributed by atoms with E-state index in [1.165, 1.54) is 6.07 Å². The van der Waals surface area contributed by atoms with E-state index in [2.05, 4.69) is 15.6 Å². The number of rotatable bonds is 5. The minimum Gasteiger partial charge on any atom is -0.389 e. The third-order valence-corrected chi connectivity index (χ3v) is 5.33. The molecule has 7 heteroatoms. The summed E-state index contributed by atoms with van der Waals surface area (Å²) >= 11 is 0. The maximum absolute atomic E-state index is 13.7. The highest BCUT2D eigenvalue weighted by atomic mass is 19.1. The second-order valence-corrected chi connectivity index (χ2v) is 7.35. The number of aryl methyl sites for hydroxylation is 2. The Morgan fingerprint density at radius 2 is 2.07 bits per heavy atom. The first-order chi connectivity index (χ1) is 13.9. The van der Waals surface area contributed by atoms with Crippen molar-refractivity contribution in [3.63, 3.8) is 0 Å². The second-order valence-electron chi connectivity index (χ2n) is 7.35. The van der Waals surface area contributed by atoms with Crippen LogP contribution < -0.4 is 10.6 Å². The third-order valence-electron chi connectivity index (χ3n) is 5.33. The van der Waals surface area contributed by atoms with Gasteiger partial charge in [0, 0.05) is 29.6 Å². The molecule has 4 N–H and O–H groups in total. The standard InChI is InChI=1S/C22H22FN3O3/c1-12-10-13(6-8-16(12)23)20-15(14-4-2-3-5-17(14)25-20)7-9-19(28)26-21-18(27)11-24-22(21)29/h2-6,8,10,18,21,25,27H,7,9,11H2,1H3,(H,24,29)(H,26,28)/t18-,21+/m1/s1. The number of fused-ring (bicyclic) bond motifs is 1. The number of amides is 2. The lowest BCUT2D eigenvalue weighted by molar-refractivity contribution is -0.128. The van der Waals surface area contributed by atoms with Gasteiger partial charge < -0.3 is 20.7 Å². The summed E-state index contributed by atoms with van der Waals surface area (Å²) in [6.45, 7) is 1.85. The monoisotopic (exact) mass is 395 g/mol.